The van der Waals surface area contributed by atoms with Crippen molar-refractivity contribution in [3.63, 3.8) is 0 Å². The Labute approximate surface area is 131 Å². The molecule has 2 heterocycles. The Morgan fingerprint density at radius 3 is 3.10 bits per heavy atom. The van der Waals surface area contributed by atoms with Crippen LogP contribution >= 0.6 is 23.1 Å². The van der Waals surface area contributed by atoms with Crippen LogP contribution in [0.2, 0.25) is 0 Å². The highest BCUT2D eigenvalue weighted by molar-refractivity contribution is 8.00. The van der Waals surface area contributed by atoms with Crippen molar-refractivity contribution in [3.05, 3.63) is 35.6 Å². The second kappa shape index (κ2) is 7.20. The molecule has 1 aliphatic rings. The van der Waals surface area contributed by atoms with E-state index in [9.17, 15) is 4.39 Å². The number of benzene rings is 1. The molecule has 1 unspecified atom stereocenters. The monoisotopic (exact) mass is 325 g/mol. The summed E-state index contributed by atoms with van der Waals surface area (Å²) in [6.07, 6.45) is 2.51. The maximum atomic E-state index is 13.5. The molecule has 1 aromatic carbocycles. The molecule has 0 bridgehead atoms. The van der Waals surface area contributed by atoms with E-state index >= 15 is 0 Å². The lowest BCUT2D eigenvalue weighted by Crippen LogP contribution is -2.18. The minimum Gasteiger partial charge on any atom is -0.376 e. The van der Waals surface area contributed by atoms with Gasteiger partial charge >= 0.3 is 0 Å². The second-order valence-corrected chi connectivity index (χ2v) is 6.97. The van der Waals surface area contributed by atoms with E-state index in [1.54, 1.807) is 12.1 Å². The third-order valence-electron chi connectivity index (χ3n) is 3.22. The lowest BCUT2D eigenvalue weighted by atomic mass is 10.2. The van der Waals surface area contributed by atoms with E-state index in [1.165, 1.54) is 29.2 Å². The van der Waals surface area contributed by atoms with E-state index < -0.39 is 0 Å². The van der Waals surface area contributed by atoms with Crippen molar-refractivity contribution in [2.75, 3.05) is 18.5 Å². The summed E-state index contributed by atoms with van der Waals surface area (Å²) in [5.41, 5.74) is 0.687. The summed E-state index contributed by atoms with van der Waals surface area (Å²) in [6, 6.07) is 6.81. The molecule has 2 aromatic rings. The molecule has 1 atom stereocenters. The van der Waals surface area contributed by atoms with E-state index in [4.69, 9.17) is 4.74 Å². The Morgan fingerprint density at radius 1 is 1.38 bits per heavy atom. The van der Waals surface area contributed by atoms with Gasteiger partial charge in [0.05, 0.1) is 6.10 Å². The number of halogens is 1. The summed E-state index contributed by atoms with van der Waals surface area (Å²) < 4.78 is 19.9. The molecular formula is C14H16FN3OS2. The lowest BCUT2D eigenvalue weighted by molar-refractivity contribution is 0.120. The highest BCUT2D eigenvalue weighted by Gasteiger charge is 2.16. The Balaban J connectivity index is 1.49. The van der Waals surface area contributed by atoms with Crippen LogP contribution in [0.15, 0.2) is 28.6 Å². The third kappa shape index (κ3) is 4.15. The van der Waals surface area contributed by atoms with Gasteiger partial charge in [0.25, 0.3) is 0 Å². The minimum absolute atomic E-state index is 0.175. The molecule has 4 nitrogen and oxygen atoms in total. The first-order chi connectivity index (χ1) is 10.3. The first kappa shape index (κ1) is 14.7. The number of hydrogen-bond acceptors (Lipinski definition) is 6. The first-order valence-corrected chi connectivity index (χ1v) is 8.66. The van der Waals surface area contributed by atoms with Crippen LogP contribution < -0.4 is 5.32 Å². The topological polar surface area (TPSA) is 47.0 Å². The number of thioether (sulfide) groups is 1. The van der Waals surface area contributed by atoms with Crippen molar-refractivity contribution in [3.8, 4) is 0 Å². The van der Waals surface area contributed by atoms with Crippen molar-refractivity contribution < 1.29 is 9.13 Å². The normalized spacial score (nSPS) is 18.0. The maximum absolute atomic E-state index is 13.5. The highest BCUT2D eigenvalue weighted by atomic mass is 32.2. The van der Waals surface area contributed by atoms with Crippen LogP contribution in [0.1, 0.15) is 18.4 Å². The molecule has 0 aliphatic carbocycles. The van der Waals surface area contributed by atoms with Crippen molar-refractivity contribution in [2.45, 2.75) is 29.0 Å². The predicted octanol–water partition coefficient (Wildman–Crippen LogP) is 3.56. The van der Waals surface area contributed by atoms with Crippen LogP contribution in [0.3, 0.4) is 0 Å². The fourth-order valence-corrected chi connectivity index (χ4v) is 3.85. The molecule has 1 N–H and O–H groups in total. The van der Waals surface area contributed by atoms with E-state index in [0.29, 0.717) is 11.3 Å². The summed E-state index contributed by atoms with van der Waals surface area (Å²) in [6.45, 7) is 1.62. The van der Waals surface area contributed by atoms with Crippen LogP contribution in [-0.2, 0) is 10.5 Å². The highest BCUT2D eigenvalue weighted by Crippen LogP contribution is 2.29. The number of rotatable bonds is 6. The molecule has 0 spiro atoms. The van der Waals surface area contributed by atoms with E-state index in [2.05, 4.69) is 15.5 Å². The fraction of sp³-hybridized carbons (Fsp3) is 0.429. The molecule has 0 saturated carbocycles. The molecule has 0 amide bonds. The number of nitrogens with zero attached hydrogens (tertiary/aromatic N) is 2. The van der Waals surface area contributed by atoms with Gasteiger partial charge in [-0.05, 0) is 24.5 Å². The van der Waals surface area contributed by atoms with Gasteiger partial charge in [0.15, 0.2) is 4.34 Å². The maximum Gasteiger partial charge on any atom is 0.206 e. The van der Waals surface area contributed by atoms with Gasteiger partial charge in [0, 0.05) is 18.9 Å². The third-order valence-corrected chi connectivity index (χ3v) is 5.28. The van der Waals surface area contributed by atoms with Gasteiger partial charge in [-0.15, -0.1) is 10.2 Å². The van der Waals surface area contributed by atoms with E-state index in [0.717, 1.165) is 35.5 Å². The Hall–Kier alpha value is -1.18. The van der Waals surface area contributed by atoms with Gasteiger partial charge in [-0.2, -0.15) is 0 Å². The molecule has 21 heavy (non-hydrogen) atoms. The van der Waals surface area contributed by atoms with Gasteiger partial charge in [-0.3, -0.25) is 0 Å². The minimum atomic E-state index is -0.175. The summed E-state index contributed by atoms with van der Waals surface area (Å²) in [5, 5.41) is 12.3. The number of hydrogen-bond donors (Lipinski definition) is 1. The van der Waals surface area contributed by atoms with Gasteiger partial charge in [-0.25, -0.2) is 4.39 Å². The Kier molecular flexibility index (Phi) is 5.05. The lowest BCUT2D eigenvalue weighted by Gasteiger charge is -2.08. The van der Waals surface area contributed by atoms with Crippen molar-refractivity contribution in [2.24, 2.45) is 0 Å². The smallest absolute Gasteiger partial charge is 0.206 e. The van der Waals surface area contributed by atoms with Gasteiger partial charge in [0.1, 0.15) is 5.82 Å². The Bertz CT molecular complexity index is 587. The average molecular weight is 325 g/mol. The summed E-state index contributed by atoms with van der Waals surface area (Å²) in [5.74, 6) is 0.388. The van der Waals surface area contributed by atoms with E-state index in [1.807, 2.05) is 6.07 Å². The molecule has 1 aliphatic heterocycles. The zero-order valence-corrected chi connectivity index (χ0v) is 13.1. The number of aromatic nitrogens is 2. The van der Waals surface area contributed by atoms with Crippen LogP contribution in [0.25, 0.3) is 0 Å². The SMILES string of the molecule is Fc1ccccc1CSc1nnc(NCC2CCCO2)s1. The van der Waals surface area contributed by atoms with Crippen LogP contribution in [-0.4, -0.2) is 29.5 Å². The largest absolute Gasteiger partial charge is 0.376 e. The van der Waals surface area contributed by atoms with Crippen LogP contribution in [0.5, 0.6) is 0 Å². The van der Waals surface area contributed by atoms with Gasteiger partial charge in [-0.1, -0.05) is 41.3 Å². The molecule has 1 saturated heterocycles. The predicted molar refractivity (Wildman–Crippen MR) is 83.3 cm³/mol. The van der Waals surface area contributed by atoms with Crippen molar-refractivity contribution in [1.82, 2.24) is 10.2 Å². The Morgan fingerprint density at radius 2 is 2.29 bits per heavy atom. The first-order valence-electron chi connectivity index (χ1n) is 6.86. The zero-order chi connectivity index (χ0) is 14.5. The summed E-state index contributed by atoms with van der Waals surface area (Å²) >= 11 is 2.99. The molecular weight excluding hydrogens is 309 g/mol. The van der Waals surface area contributed by atoms with Gasteiger partial charge < -0.3 is 10.1 Å². The molecule has 7 heteroatoms. The molecule has 3 rings (SSSR count). The van der Waals surface area contributed by atoms with Crippen LogP contribution in [0.4, 0.5) is 9.52 Å². The fourth-order valence-electron chi connectivity index (χ4n) is 2.10. The summed E-state index contributed by atoms with van der Waals surface area (Å²) in [7, 11) is 0. The molecule has 1 aromatic heterocycles. The number of ether oxygens (including phenoxy) is 1. The average Bonchev–Trinajstić information content (AvgIpc) is 3.16. The molecule has 1 fully saturated rings. The van der Waals surface area contributed by atoms with Gasteiger partial charge in [0.2, 0.25) is 5.13 Å². The number of anilines is 1. The quantitative estimate of drug-likeness (QED) is 0.823. The van der Waals surface area contributed by atoms with Crippen LogP contribution in [0, 0.1) is 5.82 Å². The summed E-state index contributed by atoms with van der Waals surface area (Å²) in [4.78, 5) is 0. The van der Waals surface area contributed by atoms with Crippen molar-refractivity contribution >= 4 is 28.2 Å². The molecule has 0 radical (unpaired) electrons. The van der Waals surface area contributed by atoms with E-state index in [-0.39, 0.29) is 11.9 Å². The molecule has 112 valence electrons. The number of nitrogens with one attached hydrogen (secondary N) is 1. The second-order valence-electron chi connectivity index (χ2n) is 4.77. The zero-order valence-electron chi connectivity index (χ0n) is 11.4. The standard InChI is InChI=1S/C14H16FN3OS2/c15-12-6-2-1-4-10(12)9-20-14-18-17-13(21-14)16-8-11-5-3-7-19-11/h1-2,4,6,11H,3,5,7-9H2,(H,16,17). The van der Waals surface area contributed by atoms with Crippen molar-refractivity contribution in [1.29, 1.82) is 0 Å².